The van der Waals surface area contributed by atoms with Gasteiger partial charge in [0.25, 0.3) is 5.91 Å². The average Bonchev–Trinajstić information content (AvgIpc) is 2.56. The van der Waals surface area contributed by atoms with Gasteiger partial charge in [0.1, 0.15) is 5.15 Å². The Morgan fingerprint density at radius 3 is 2.48 bits per heavy atom. The van der Waals surface area contributed by atoms with Gasteiger partial charge >= 0.3 is 5.97 Å². The minimum absolute atomic E-state index is 0.237. The number of aryl methyl sites for hydroxylation is 1. The van der Waals surface area contributed by atoms with Gasteiger partial charge in [0.2, 0.25) is 0 Å². The fourth-order valence-corrected chi connectivity index (χ4v) is 1.96. The van der Waals surface area contributed by atoms with Gasteiger partial charge in [-0.3, -0.25) is 4.79 Å². The molecular weight excluding hydrogens is 316 g/mol. The zero-order valence-electron chi connectivity index (χ0n) is 12.9. The number of ether oxygens (including phenoxy) is 1. The minimum atomic E-state index is -0.927. The molecule has 1 atom stereocenters. The second-order valence-electron chi connectivity index (χ2n) is 4.96. The Labute approximate surface area is 139 Å². The van der Waals surface area contributed by atoms with Crippen LogP contribution in [0.5, 0.6) is 0 Å². The molecule has 23 heavy (non-hydrogen) atoms. The molecule has 0 aliphatic rings. The van der Waals surface area contributed by atoms with E-state index in [0.29, 0.717) is 5.69 Å². The summed E-state index contributed by atoms with van der Waals surface area (Å²) < 4.78 is 5.12. The van der Waals surface area contributed by atoms with E-state index in [-0.39, 0.29) is 10.7 Å². The molecule has 6 heteroatoms. The third-order valence-electron chi connectivity index (χ3n) is 3.25. The molecule has 5 nitrogen and oxygen atoms in total. The van der Waals surface area contributed by atoms with Gasteiger partial charge in [0, 0.05) is 11.9 Å². The average molecular weight is 333 g/mol. The van der Waals surface area contributed by atoms with E-state index in [1.54, 1.807) is 0 Å². The molecule has 1 aromatic heterocycles. The van der Waals surface area contributed by atoms with Crippen molar-refractivity contribution in [1.29, 1.82) is 0 Å². The topological polar surface area (TPSA) is 68.3 Å². The van der Waals surface area contributed by atoms with Crippen LogP contribution in [0, 0.1) is 0 Å². The van der Waals surface area contributed by atoms with Crippen molar-refractivity contribution in [3.05, 3.63) is 58.9 Å². The Kier molecular flexibility index (Phi) is 5.71. The molecule has 0 aliphatic carbocycles. The standard InChI is InChI=1S/C17H17ClN2O3/c1-3-12-4-7-14(8-5-12)20-16(21)11(2)23-17(22)13-6-9-15(18)19-10-13/h4-11H,3H2,1-2H3,(H,20,21)/t11-/m1/s1. The predicted molar refractivity (Wildman–Crippen MR) is 88.6 cm³/mol. The molecule has 0 saturated carbocycles. The van der Waals surface area contributed by atoms with E-state index < -0.39 is 18.0 Å². The molecule has 0 saturated heterocycles. The highest BCUT2D eigenvalue weighted by Crippen LogP contribution is 2.12. The maximum Gasteiger partial charge on any atom is 0.340 e. The molecule has 0 bridgehead atoms. The Balaban J connectivity index is 1.93. The third-order valence-corrected chi connectivity index (χ3v) is 3.47. The van der Waals surface area contributed by atoms with Crippen LogP contribution in [0.4, 0.5) is 5.69 Å². The fraction of sp³-hybridized carbons (Fsp3) is 0.235. The number of rotatable bonds is 5. The van der Waals surface area contributed by atoms with Crippen LogP contribution >= 0.6 is 11.6 Å². The number of halogens is 1. The summed E-state index contributed by atoms with van der Waals surface area (Å²) in [5.74, 6) is -1.03. The first-order valence-corrected chi connectivity index (χ1v) is 7.59. The number of benzene rings is 1. The number of hydrogen-bond donors (Lipinski definition) is 1. The zero-order chi connectivity index (χ0) is 16.8. The highest BCUT2D eigenvalue weighted by atomic mass is 35.5. The van der Waals surface area contributed by atoms with Gasteiger partial charge in [-0.05, 0) is 43.2 Å². The number of amides is 1. The van der Waals surface area contributed by atoms with Crippen LogP contribution in [0.3, 0.4) is 0 Å². The first-order chi connectivity index (χ1) is 11.0. The molecule has 0 aliphatic heterocycles. The van der Waals surface area contributed by atoms with E-state index in [1.165, 1.54) is 30.8 Å². The summed E-state index contributed by atoms with van der Waals surface area (Å²) in [6.07, 6.45) is 1.31. The van der Waals surface area contributed by atoms with Gasteiger partial charge in [0.15, 0.2) is 6.10 Å². The van der Waals surface area contributed by atoms with Crippen molar-refractivity contribution in [2.75, 3.05) is 5.32 Å². The first-order valence-electron chi connectivity index (χ1n) is 7.22. The minimum Gasteiger partial charge on any atom is -0.449 e. The van der Waals surface area contributed by atoms with Gasteiger partial charge in [0.05, 0.1) is 5.56 Å². The number of pyridine rings is 1. The lowest BCUT2D eigenvalue weighted by Gasteiger charge is -2.13. The number of carbonyl (C=O) groups excluding carboxylic acids is 2. The molecule has 0 unspecified atom stereocenters. The summed E-state index contributed by atoms with van der Waals surface area (Å²) in [7, 11) is 0. The molecule has 2 aromatic rings. The molecule has 1 amide bonds. The van der Waals surface area contributed by atoms with Crippen molar-refractivity contribution in [2.45, 2.75) is 26.4 Å². The SMILES string of the molecule is CCc1ccc(NC(=O)[C@@H](C)OC(=O)c2ccc(Cl)nc2)cc1. The first kappa shape index (κ1) is 17.0. The van der Waals surface area contributed by atoms with Crippen LogP contribution in [0.15, 0.2) is 42.6 Å². The smallest absolute Gasteiger partial charge is 0.340 e. The summed E-state index contributed by atoms with van der Waals surface area (Å²) in [6.45, 7) is 3.57. The van der Waals surface area contributed by atoms with E-state index in [9.17, 15) is 9.59 Å². The molecule has 0 spiro atoms. The number of aromatic nitrogens is 1. The van der Waals surface area contributed by atoms with E-state index in [2.05, 4.69) is 17.2 Å². The maximum atomic E-state index is 12.1. The summed E-state index contributed by atoms with van der Waals surface area (Å²) in [5.41, 5.74) is 2.07. The van der Waals surface area contributed by atoms with Crippen LogP contribution in [0.1, 0.15) is 29.8 Å². The molecule has 2 rings (SSSR count). The lowest BCUT2D eigenvalue weighted by atomic mass is 10.1. The highest BCUT2D eigenvalue weighted by Gasteiger charge is 2.19. The van der Waals surface area contributed by atoms with Crippen molar-refractivity contribution in [2.24, 2.45) is 0 Å². The van der Waals surface area contributed by atoms with Crippen LogP contribution < -0.4 is 5.32 Å². The maximum absolute atomic E-state index is 12.1. The van der Waals surface area contributed by atoms with Gasteiger partial charge in [-0.2, -0.15) is 0 Å². The van der Waals surface area contributed by atoms with Crippen molar-refractivity contribution >= 4 is 29.2 Å². The van der Waals surface area contributed by atoms with Crippen molar-refractivity contribution in [3.8, 4) is 0 Å². The number of carbonyl (C=O) groups is 2. The lowest BCUT2D eigenvalue weighted by Crippen LogP contribution is -2.30. The summed E-state index contributed by atoms with van der Waals surface area (Å²) in [6, 6.07) is 10.5. The van der Waals surface area contributed by atoms with E-state index in [4.69, 9.17) is 16.3 Å². The number of hydrogen-bond acceptors (Lipinski definition) is 4. The molecule has 120 valence electrons. The second-order valence-corrected chi connectivity index (χ2v) is 5.34. The largest absolute Gasteiger partial charge is 0.449 e. The van der Waals surface area contributed by atoms with E-state index in [0.717, 1.165) is 6.42 Å². The predicted octanol–water partition coefficient (Wildman–Crippen LogP) is 3.48. The van der Waals surface area contributed by atoms with Crippen LogP contribution in [0.25, 0.3) is 0 Å². The highest BCUT2D eigenvalue weighted by molar-refractivity contribution is 6.29. The summed E-state index contributed by atoms with van der Waals surface area (Å²) in [4.78, 5) is 27.8. The summed E-state index contributed by atoms with van der Waals surface area (Å²) in [5, 5.41) is 2.99. The Hall–Kier alpha value is -2.40. The van der Waals surface area contributed by atoms with Crippen molar-refractivity contribution in [1.82, 2.24) is 4.98 Å². The van der Waals surface area contributed by atoms with E-state index >= 15 is 0 Å². The second kappa shape index (κ2) is 7.74. The lowest BCUT2D eigenvalue weighted by molar-refractivity contribution is -0.123. The third kappa shape index (κ3) is 4.79. The zero-order valence-corrected chi connectivity index (χ0v) is 13.6. The normalized spacial score (nSPS) is 11.6. The van der Waals surface area contributed by atoms with Crippen molar-refractivity contribution in [3.63, 3.8) is 0 Å². The van der Waals surface area contributed by atoms with Gasteiger partial charge in [-0.1, -0.05) is 30.7 Å². The number of nitrogens with one attached hydrogen (secondary N) is 1. The van der Waals surface area contributed by atoms with Crippen LogP contribution in [-0.2, 0) is 16.0 Å². The van der Waals surface area contributed by atoms with Crippen LogP contribution in [0.2, 0.25) is 5.15 Å². The van der Waals surface area contributed by atoms with Gasteiger partial charge in [-0.15, -0.1) is 0 Å². The number of anilines is 1. The molecule has 1 aromatic carbocycles. The quantitative estimate of drug-likeness (QED) is 0.672. The van der Waals surface area contributed by atoms with Crippen LogP contribution in [-0.4, -0.2) is 23.0 Å². The van der Waals surface area contributed by atoms with E-state index in [1.807, 2.05) is 24.3 Å². The molecule has 1 heterocycles. The Morgan fingerprint density at radius 2 is 1.91 bits per heavy atom. The molecular formula is C17H17ClN2O3. The molecule has 1 N–H and O–H groups in total. The number of esters is 1. The van der Waals surface area contributed by atoms with Gasteiger partial charge < -0.3 is 10.1 Å². The fourth-order valence-electron chi connectivity index (χ4n) is 1.85. The van der Waals surface area contributed by atoms with Crippen molar-refractivity contribution < 1.29 is 14.3 Å². The Morgan fingerprint density at radius 1 is 1.22 bits per heavy atom. The number of nitrogens with zero attached hydrogens (tertiary/aromatic N) is 1. The molecule has 0 radical (unpaired) electrons. The molecule has 0 fully saturated rings. The Bertz CT molecular complexity index is 684. The van der Waals surface area contributed by atoms with Gasteiger partial charge in [-0.25, -0.2) is 9.78 Å². The summed E-state index contributed by atoms with van der Waals surface area (Å²) >= 11 is 5.66. The monoisotopic (exact) mass is 332 g/mol.